The van der Waals surface area contributed by atoms with Crippen LogP contribution in [-0.2, 0) is 5.54 Å². The first kappa shape index (κ1) is 16.8. The lowest BCUT2D eigenvalue weighted by Crippen LogP contribution is -2.43. The summed E-state index contributed by atoms with van der Waals surface area (Å²) in [7, 11) is 3.95. The number of carbonyl (C=O) groups is 1. The van der Waals surface area contributed by atoms with Crippen molar-refractivity contribution in [3.63, 3.8) is 0 Å². The first-order valence-electron chi connectivity index (χ1n) is 8.36. The number of benzene rings is 2. The summed E-state index contributed by atoms with van der Waals surface area (Å²) in [5.41, 5.74) is 2.50. The summed E-state index contributed by atoms with van der Waals surface area (Å²) < 4.78 is 0. The molecule has 1 amide bonds. The molecular formula is C20H23ClN2O. The minimum atomic E-state index is -0.309. The van der Waals surface area contributed by atoms with Crippen LogP contribution in [0.3, 0.4) is 0 Å². The van der Waals surface area contributed by atoms with Gasteiger partial charge in [0.05, 0.1) is 5.54 Å². The molecule has 1 fully saturated rings. The van der Waals surface area contributed by atoms with E-state index in [0.29, 0.717) is 10.6 Å². The first-order chi connectivity index (χ1) is 11.5. The van der Waals surface area contributed by atoms with Crippen molar-refractivity contribution in [2.75, 3.05) is 19.0 Å². The minimum absolute atomic E-state index is 0.0272. The Morgan fingerprint density at radius 2 is 1.79 bits per heavy atom. The molecule has 1 N–H and O–H groups in total. The van der Waals surface area contributed by atoms with Crippen LogP contribution in [0.2, 0.25) is 5.02 Å². The van der Waals surface area contributed by atoms with Gasteiger partial charge in [0.15, 0.2) is 0 Å². The predicted octanol–water partition coefficient (Wildman–Crippen LogP) is 4.61. The number of hydrogen-bond acceptors (Lipinski definition) is 2. The van der Waals surface area contributed by atoms with Gasteiger partial charge in [-0.3, -0.25) is 4.79 Å². The second-order valence-corrected chi connectivity index (χ2v) is 7.13. The van der Waals surface area contributed by atoms with Crippen LogP contribution in [0.1, 0.15) is 41.6 Å². The van der Waals surface area contributed by atoms with Crippen LogP contribution < -0.4 is 10.2 Å². The van der Waals surface area contributed by atoms with Gasteiger partial charge in [-0.1, -0.05) is 42.6 Å². The molecule has 0 aromatic heterocycles. The average molecular weight is 343 g/mol. The summed E-state index contributed by atoms with van der Waals surface area (Å²) in [5.74, 6) is -0.0272. The summed E-state index contributed by atoms with van der Waals surface area (Å²) >= 11 is 6.18. The number of hydrogen-bond donors (Lipinski definition) is 1. The first-order valence-corrected chi connectivity index (χ1v) is 8.74. The van der Waals surface area contributed by atoms with Gasteiger partial charge >= 0.3 is 0 Å². The molecule has 3 nitrogen and oxygen atoms in total. The maximum atomic E-state index is 12.9. The maximum absolute atomic E-state index is 12.9. The van der Waals surface area contributed by atoms with Gasteiger partial charge in [0, 0.05) is 30.4 Å². The molecule has 0 heterocycles. The Labute approximate surface area is 148 Å². The fourth-order valence-electron chi connectivity index (χ4n) is 3.47. The minimum Gasteiger partial charge on any atom is -0.378 e. The van der Waals surface area contributed by atoms with E-state index in [9.17, 15) is 4.79 Å². The smallest absolute Gasteiger partial charge is 0.252 e. The van der Waals surface area contributed by atoms with E-state index in [1.54, 1.807) is 0 Å². The Hall–Kier alpha value is -2.00. The quantitative estimate of drug-likeness (QED) is 0.880. The average Bonchev–Trinajstić information content (AvgIpc) is 3.04. The van der Waals surface area contributed by atoms with Crippen LogP contribution in [0.4, 0.5) is 5.69 Å². The van der Waals surface area contributed by atoms with Gasteiger partial charge in [-0.25, -0.2) is 0 Å². The highest BCUT2D eigenvalue weighted by molar-refractivity contribution is 6.30. The molecule has 0 unspecified atom stereocenters. The van der Waals surface area contributed by atoms with Crippen LogP contribution in [-0.4, -0.2) is 20.0 Å². The van der Waals surface area contributed by atoms with Crippen LogP contribution in [0.5, 0.6) is 0 Å². The highest BCUT2D eigenvalue weighted by Crippen LogP contribution is 2.39. The summed E-state index contributed by atoms with van der Waals surface area (Å²) in [6.07, 6.45) is 4.13. The topological polar surface area (TPSA) is 32.3 Å². The standard InChI is InChI=1S/C20H23ClN2O/c1-23(2)18-10-5-7-15(13-18)19(24)22-20(11-3-4-12-20)16-8-6-9-17(21)14-16/h5-10,13-14H,3-4,11-12H2,1-2H3,(H,22,24). The second kappa shape index (κ2) is 6.86. The van der Waals surface area contributed by atoms with Crippen LogP contribution >= 0.6 is 11.6 Å². The van der Waals surface area contributed by atoms with Gasteiger partial charge in [-0.15, -0.1) is 0 Å². The van der Waals surface area contributed by atoms with E-state index in [1.807, 2.05) is 61.5 Å². The zero-order valence-corrected chi connectivity index (χ0v) is 14.9. The zero-order valence-electron chi connectivity index (χ0n) is 14.2. The summed E-state index contributed by atoms with van der Waals surface area (Å²) in [5, 5.41) is 4.01. The molecule has 3 rings (SSSR count). The Bertz CT molecular complexity index is 736. The molecule has 0 spiro atoms. The molecule has 0 saturated heterocycles. The van der Waals surface area contributed by atoms with Crippen molar-refractivity contribution in [2.24, 2.45) is 0 Å². The molecule has 2 aromatic carbocycles. The van der Waals surface area contributed by atoms with E-state index in [1.165, 1.54) is 0 Å². The van der Waals surface area contributed by atoms with Gasteiger partial charge in [-0.2, -0.15) is 0 Å². The monoisotopic (exact) mass is 342 g/mol. The molecule has 1 saturated carbocycles. The van der Waals surface area contributed by atoms with Gasteiger partial charge in [0.25, 0.3) is 5.91 Å². The van der Waals surface area contributed by atoms with Crippen molar-refractivity contribution in [3.05, 3.63) is 64.7 Å². The normalized spacial score (nSPS) is 16.0. The van der Waals surface area contributed by atoms with E-state index in [4.69, 9.17) is 11.6 Å². The lowest BCUT2D eigenvalue weighted by atomic mass is 9.87. The number of rotatable bonds is 4. The molecule has 0 bridgehead atoms. The van der Waals surface area contributed by atoms with Crippen LogP contribution in [0, 0.1) is 0 Å². The van der Waals surface area contributed by atoms with Gasteiger partial charge in [0.1, 0.15) is 0 Å². The van der Waals surface area contributed by atoms with Crippen LogP contribution in [0.15, 0.2) is 48.5 Å². The Balaban J connectivity index is 1.89. The Kier molecular flexibility index (Phi) is 4.81. The third-order valence-corrected chi connectivity index (χ3v) is 5.05. The molecule has 0 aliphatic heterocycles. The molecule has 1 aliphatic carbocycles. The fraction of sp³-hybridized carbons (Fsp3) is 0.350. The van der Waals surface area contributed by atoms with E-state index in [-0.39, 0.29) is 11.4 Å². The second-order valence-electron chi connectivity index (χ2n) is 6.70. The predicted molar refractivity (Wildman–Crippen MR) is 99.8 cm³/mol. The number of carbonyl (C=O) groups excluding carboxylic acids is 1. The van der Waals surface area contributed by atoms with Crippen molar-refractivity contribution >= 4 is 23.2 Å². The van der Waals surface area contributed by atoms with E-state index in [0.717, 1.165) is 36.9 Å². The third kappa shape index (κ3) is 3.41. The number of nitrogens with zero attached hydrogens (tertiary/aromatic N) is 1. The SMILES string of the molecule is CN(C)c1cccc(C(=O)NC2(c3cccc(Cl)c3)CCCC2)c1. The van der Waals surface area contributed by atoms with Gasteiger partial charge in [-0.05, 0) is 48.7 Å². The lowest BCUT2D eigenvalue weighted by Gasteiger charge is -2.31. The Morgan fingerprint density at radius 1 is 1.08 bits per heavy atom. The summed E-state index contributed by atoms with van der Waals surface area (Å²) in [6.45, 7) is 0. The number of nitrogens with one attached hydrogen (secondary N) is 1. The molecule has 0 radical (unpaired) electrons. The van der Waals surface area contributed by atoms with Crippen molar-refractivity contribution in [1.29, 1.82) is 0 Å². The molecule has 0 atom stereocenters. The summed E-state index contributed by atoms with van der Waals surface area (Å²) in [6, 6.07) is 15.6. The third-order valence-electron chi connectivity index (χ3n) is 4.81. The van der Waals surface area contributed by atoms with E-state index < -0.39 is 0 Å². The van der Waals surface area contributed by atoms with Crippen LogP contribution in [0.25, 0.3) is 0 Å². The molecule has 126 valence electrons. The zero-order chi connectivity index (χ0) is 17.2. The van der Waals surface area contributed by atoms with Gasteiger partial charge < -0.3 is 10.2 Å². The Morgan fingerprint density at radius 3 is 2.46 bits per heavy atom. The van der Waals surface area contributed by atoms with Crippen molar-refractivity contribution < 1.29 is 4.79 Å². The van der Waals surface area contributed by atoms with Crippen molar-refractivity contribution in [2.45, 2.75) is 31.2 Å². The largest absolute Gasteiger partial charge is 0.378 e. The van der Waals surface area contributed by atoms with E-state index >= 15 is 0 Å². The fourth-order valence-corrected chi connectivity index (χ4v) is 3.66. The lowest BCUT2D eigenvalue weighted by molar-refractivity contribution is 0.0898. The molecular weight excluding hydrogens is 320 g/mol. The molecule has 24 heavy (non-hydrogen) atoms. The molecule has 2 aromatic rings. The maximum Gasteiger partial charge on any atom is 0.252 e. The number of amides is 1. The highest BCUT2D eigenvalue weighted by atomic mass is 35.5. The van der Waals surface area contributed by atoms with Gasteiger partial charge in [0.2, 0.25) is 0 Å². The summed E-state index contributed by atoms with van der Waals surface area (Å²) in [4.78, 5) is 14.9. The van der Waals surface area contributed by atoms with Crippen molar-refractivity contribution in [3.8, 4) is 0 Å². The molecule has 4 heteroatoms. The highest BCUT2D eigenvalue weighted by Gasteiger charge is 2.37. The number of halogens is 1. The van der Waals surface area contributed by atoms with Crippen molar-refractivity contribution in [1.82, 2.24) is 5.32 Å². The number of anilines is 1. The molecule has 1 aliphatic rings. The van der Waals surface area contributed by atoms with E-state index in [2.05, 4.69) is 11.4 Å².